The van der Waals surface area contributed by atoms with Crippen LogP contribution in [0.4, 0.5) is 15.9 Å². The van der Waals surface area contributed by atoms with Crippen LogP contribution in [0.2, 0.25) is 5.02 Å². The second kappa shape index (κ2) is 8.77. The highest BCUT2D eigenvalue weighted by Gasteiger charge is 2.51. The molecule has 34 heavy (non-hydrogen) atoms. The molecule has 0 spiro atoms. The Labute approximate surface area is 200 Å². The van der Waals surface area contributed by atoms with Gasteiger partial charge in [-0.1, -0.05) is 11.6 Å². The van der Waals surface area contributed by atoms with Crippen LogP contribution in [0.15, 0.2) is 30.6 Å². The van der Waals surface area contributed by atoms with Crippen molar-refractivity contribution in [2.45, 2.75) is 37.2 Å². The second-order valence-corrected chi connectivity index (χ2v) is 9.77. The average Bonchev–Trinajstić information content (AvgIpc) is 3.54. The number of nitrogens with one attached hydrogen (secondary N) is 2. The maximum Gasteiger partial charge on any atom is 0.275 e. The molecule has 11 heteroatoms. The summed E-state index contributed by atoms with van der Waals surface area (Å²) in [6.45, 7) is 0. The molecular formula is C23H27ClFN6O3+. The summed E-state index contributed by atoms with van der Waals surface area (Å²) < 4.78 is 15.2. The van der Waals surface area contributed by atoms with Crippen LogP contribution in [0.1, 0.15) is 53.5 Å². The molecule has 5 N–H and O–H groups in total. The molecule has 2 aromatic heterocycles. The van der Waals surface area contributed by atoms with E-state index in [0.717, 1.165) is 18.5 Å². The Bertz CT molecular complexity index is 1210. The lowest BCUT2D eigenvalue weighted by Gasteiger charge is -2.23. The van der Waals surface area contributed by atoms with E-state index < -0.39 is 11.4 Å². The van der Waals surface area contributed by atoms with E-state index in [1.165, 1.54) is 23.7 Å². The largest absolute Gasteiger partial charge is 0.384 e. The third-order valence-corrected chi connectivity index (χ3v) is 7.41. The molecule has 2 saturated carbocycles. The smallest absolute Gasteiger partial charge is 0.275 e. The van der Waals surface area contributed by atoms with E-state index in [-0.39, 0.29) is 16.8 Å². The number of carbonyl (C=O) groups is 1. The Morgan fingerprint density at radius 3 is 2.76 bits per heavy atom. The number of aliphatic hydroxyl groups is 1. The van der Waals surface area contributed by atoms with Gasteiger partial charge in [-0.25, -0.2) is 14.2 Å². The number of hydrogen-bond donors (Lipinski definition) is 4. The number of benzene rings is 1. The molecule has 0 bridgehead atoms. The highest BCUT2D eigenvalue weighted by molar-refractivity contribution is 6.31. The van der Waals surface area contributed by atoms with Gasteiger partial charge >= 0.3 is 0 Å². The number of quaternary nitrogens is 1. The summed E-state index contributed by atoms with van der Waals surface area (Å²) in [5.41, 5.74) is 2.94. The first-order chi connectivity index (χ1) is 16.3. The van der Waals surface area contributed by atoms with Crippen molar-refractivity contribution in [2.24, 2.45) is 18.9 Å². The quantitative estimate of drug-likeness (QED) is 0.397. The number of H-pyrrole nitrogens is 1. The van der Waals surface area contributed by atoms with Gasteiger partial charge in [-0.05, 0) is 55.7 Å². The molecule has 5 rings (SSSR count). The number of hydrogen-bond acceptors (Lipinski definition) is 5. The summed E-state index contributed by atoms with van der Waals surface area (Å²) in [6, 6.07) is 5.90. The average molecular weight is 490 g/mol. The van der Waals surface area contributed by atoms with E-state index in [0.29, 0.717) is 47.6 Å². The molecule has 2 fully saturated rings. The van der Waals surface area contributed by atoms with Gasteiger partial charge in [0.2, 0.25) is 0 Å². The third-order valence-electron chi connectivity index (χ3n) is 7.12. The Balaban J connectivity index is 1.30. The van der Waals surface area contributed by atoms with Crippen molar-refractivity contribution in [3.63, 3.8) is 0 Å². The molecule has 3 aromatic rings. The summed E-state index contributed by atoms with van der Waals surface area (Å²) >= 11 is 5.85. The molecule has 2 atom stereocenters. The Kier molecular flexibility index (Phi) is 5.93. The van der Waals surface area contributed by atoms with Crippen LogP contribution in [0.25, 0.3) is 0 Å². The Hall–Kier alpha value is -2.79. The molecule has 0 radical (unpaired) electrons. The van der Waals surface area contributed by atoms with Crippen LogP contribution in [0.5, 0.6) is 0 Å². The minimum atomic E-state index is -0.945. The van der Waals surface area contributed by atoms with Crippen molar-refractivity contribution in [3.05, 3.63) is 58.5 Å². The van der Waals surface area contributed by atoms with E-state index in [9.17, 15) is 14.3 Å². The molecule has 1 amide bonds. The van der Waals surface area contributed by atoms with E-state index in [1.54, 1.807) is 25.1 Å². The number of halogens is 2. The molecule has 180 valence electrons. The molecular weight excluding hydrogens is 463 g/mol. The van der Waals surface area contributed by atoms with Gasteiger partial charge in [-0.2, -0.15) is 5.48 Å². The molecule has 0 aliphatic heterocycles. The van der Waals surface area contributed by atoms with Gasteiger partial charge in [0.15, 0.2) is 0 Å². The summed E-state index contributed by atoms with van der Waals surface area (Å²) in [5.74, 6) is 0.556. The van der Waals surface area contributed by atoms with Gasteiger partial charge in [0.25, 0.3) is 11.7 Å². The highest BCUT2D eigenvalue weighted by Crippen LogP contribution is 2.56. The molecule has 2 unspecified atom stereocenters. The van der Waals surface area contributed by atoms with Crippen molar-refractivity contribution in [1.29, 1.82) is 0 Å². The fourth-order valence-electron chi connectivity index (χ4n) is 5.65. The lowest BCUT2D eigenvalue weighted by Crippen LogP contribution is -2.76. The van der Waals surface area contributed by atoms with Gasteiger partial charge in [-0.15, -0.1) is 5.10 Å². The first-order valence-corrected chi connectivity index (χ1v) is 11.6. The van der Waals surface area contributed by atoms with Crippen LogP contribution in [0, 0.1) is 17.7 Å². The van der Waals surface area contributed by atoms with Crippen LogP contribution < -0.4 is 10.8 Å². The number of anilines is 1. The van der Waals surface area contributed by atoms with Crippen molar-refractivity contribution in [1.82, 2.24) is 19.7 Å². The number of nitrogens with two attached hydrogens (primary N) is 1. The van der Waals surface area contributed by atoms with Crippen molar-refractivity contribution in [2.75, 3.05) is 12.4 Å². The van der Waals surface area contributed by atoms with Crippen LogP contribution in [-0.4, -0.2) is 37.9 Å². The predicted molar refractivity (Wildman–Crippen MR) is 122 cm³/mol. The number of amides is 1. The van der Waals surface area contributed by atoms with E-state index in [4.69, 9.17) is 16.4 Å². The third kappa shape index (κ3) is 4.11. The molecule has 2 aliphatic carbocycles. The number of nitrogens with zero attached hydrogens (tertiary/aromatic N) is 3. The van der Waals surface area contributed by atoms with E-state index in [2.05, 4.69) is 20.5 Å². The summed E-state index contributed by atoms with van der Waals surface area (Å²) in [6.07, 6.45) is 4.59. The van der Waals surface area contributed by atoms with Crippen molar-refractivity contribution in [3.8, 4) is 0 Å². The fourth-order valence-corrected chi connectivity index (χ4v) is 5.83. The zero-order valence-corrected chi connectivity index (χ0v) is 19.6. The Morgan fingerprint density at radius 2 is 2.09 bits per heavy atom. The van der Waals surface area contributed by atoms with Crippen LogP contribution in [0.3, 0.4) is 0 Å². The van der Waals surface area contributed by atoms with Gasteiger partial charge in [0.1, 0.15) is 17.1 Å². The summed E-state index contributed by atoms with van der Waals surface area (Å²) in [4.78, 5) is 22.6. The lowest BCUT2D eigenvalue weighted by molar-refractivity contribution is -0.832. The van der Waals surface area contributed by atoms with Gasteiger partial charge < -0.3 is 15.0 Å². The normalized spacial score (nSPS) is 26.1. The van der Waals surface area contributed by atoms with Crippen LogP contribution in [-0.2, 0) is 17.5 Å². The first kappa shape index (κ1) is 23.0. The number of imidazole rings is 1. The molecule has 2 aliphatic rings. The minimum absolute atomic E-state index is 0.0522. The van der Waals surface area contributed by atoms with Gasteiger partial charge in [0.05, 0.1) is 29.8 Å². The topological polar surface area (TPSA) is 122 Å². The standard InChI is InChI=1S/C23H26ClFN6O3/c1-31-11-26-20(21(31)22(32)27-15-3-4-17(25)16(24)7-15)12-5-13-9-23(33,10-14(13)6-12)18-8-19(29-28-18)30-34-2/h3-4,7-8,11-14,33H,5-6,9-10H2,1-2H3,(H,27,32)(H2,28,29,30)/p+1. The van der Waals surface area contributed by atoms with Gasteiger partial charge in [-0.3, -0.25) is 9.89 Å². The van der Waals surface area contributed by atoms with E-state index >= 15 is 0 Å². The molecule has 0 saturated heterocycles. The number of aryl methyl sites for hydroxylation is 1. The number of aromatic amines is 1. The monoisotopic (exact) mass is 489 g/mol. The van der Waals surface area contributed by atoms with Crippen LogP contribution >= 0.6 is 11.6 Å². The number of rotatable bonds is 6. The van der Waals surface area contributed by atoms with Crippen molar-refractivity contribution < 1.29 is 24.6 Å². The van der Waals surface area contributed by atoms with Crippen molar-refractivity contribution >= 4 is 29.0 Å². The number of aromatic nitrogens is 4. The minimum Gasteiger partial charge on any atom is -0.384 e. The van der Waals surface area contributed by atoms with E-state index in [1.807, 2.05) is 6.07 Å². The molecule has 2 heterocycles. The lowest BCUT2D eigenvalue weighted by atomic mass is 9.90. The Morgan fingerprint density at radius 1 is 1.35 bits per heavy atom. The summed E-state index contributed by atoms with van der Waals surface area (Å²) in [5, 5.41) is 21.2. The maximum absolute atomic E-state index is 13.5. The summed E-state index contributed by atoms with van der Waals surface area (Å²) in [7, 11) is 3.34. The number of carbonyl (C=O) groups excluding carboxylic acids is 1. The predicted octanol–water partition coefficient (Wildman–Crippen LogP) is 2.74. The SMILES string of the molecule is CO[NH2+]c1cc(C2(O)CC3CC(c4ncn(C)c4C(=O)Nc4ccc(F)c(Cl)c4)CC3C2)[nH]n1. The maximum atomic E-state index is 13.5. The molecule has 1 aromatic carbocycles. The van der Waals surface area contributed by atoms with Gasteiger partial charge in [0, 0.05) is 24.7 Å². The first-order valence-electron chi connectivity index (χ1n) is 11.2. The second-order valence-electron chi connectivity index (χ2n) is 9.36. The molecule has 9 nitrogen and oxygen atoms in total. The zero-order chi connectivity index (χ0) is 24.0. The fraction of sp³-hybridized carbons (Fsp3) is 0.435. The zero-order valence-electron chi connectivity index (χ0n) is 18.9. The number of fused-ring (bicyclic) bond motifs is 1. The highest BCUT2D eigenvalue weighted by atomic mass is 35.5.